The smallest absolute Gasteiger partial charge is 0.415 e. The molecule has 9 aromatic carbocycles. The summed E-state index contributed by atoms with van der Waals surface area (Å²) >= 11 is 5.88. The molecule has 0 saturated heterocycles. The number of benzene rings is 9. The van der Waals surface area contributed by atoms with Crippen LogP contribution in [-0.4, -0.2) is 87.4 Å². The van der Waals surface area contributed by atoms with Crippen LogP contribution in [0, 0.1) is 32.4 Å². The summed E-state index contributed by atoms with van der Waals surface area (Å²) in [5.74, 6) is 6.68. The first-order valence-electron chi connectivity index (χ1n) is 34.4. The van der Waals surface area contributed by atoms with Gasteiger partial charge in [-0.15, -0.1) is 0 Å². The molecule has 0 saturated carbocycles. The molecule has 0 aliphatic heterocycles. The Balaban J connectivity index is 0.000000169. The second-order valence-electron chi connectivity index (χ2n) is 23.9. The number of hydrogen-bond acceptors (Lipinski definition) is 15. The molecule has 21 heteroatoms. The highest BCUT2D eigenvalue weighted by Gasteiger charge is 2.20. The van der Waals surface area contributed by atoms with Gasteiger partial charge in [0.25, 0.3) is 0 Å². The molecule has 0 radical (unpaired) electrons. The lowest BCUT2D eigenvalue weighted by Crippen LogP contribution is -2.32. The van der Waals surface area contributed by atoms with E-state index in [4.69, 9.17) is 53.3 Å². The zero-order valence-corrected chi connectivity index (χ0v) is 60.0. The minimum Gasteiger partial charge on any atom is -0.493 e. The highest BCUT2D eigenvalue weighted by molar-refractivity contribution is 6.30. The molecule has 540 valence electrons. The Morgan fingerprint density at radius 1 is 0.362 bits per heavy atom. The standard InChI is InChI=1S/C28H27ClN2O4.2C28H27FN2O4/c1-3-31(28(32)35-25-15-11-23(29)12-16-25)19-21-9-13-24(14-10-21)33-18-17-26-20(2)34-27(30-26)22-7-5-4-6-8-22;1-3-31(28(32)35-24-14-12-23(29)13-15-24)19-21-8-7-11-25(18-21)33-17-16-26-20(2)34-27(30-26)22-9-5-4-6-10-22;1-3-31(28(32)35-25-15-11-23(29)12-16-25)19-21-9-13-24(14-10-21)33-18-17-26-20(2)34-27(30-26)22-7-5-4-6-8-22/h4-16H,3,17-19H2,1-2H3;4-15,18H,3,16-17,19H2,1-2H3;4-16H,3,17-19H2,1-2H3. The van der Waals surface area contributed by atoms with Crippen LogP contribution in [-0.2, 0) is 38.9 Å². The van der Waals surface area contributed by atoms with E-state index >= 15 is 0 Å². The summed E-state index contributed by atoms with van der Waals surface area (Å²) < 4.78 is 77.4. The molecule has 12 aromatic rings. The summed E-state index contributed by atoms with van der Waals surface area (Å²) in [6.07, 6.45) is 0.482. The number of rotatable bonds is 27. The largest absolute Gasteiger partial charge is 0.493 e. The van der Waals surface area contributed by atoms with Crippen molar-refractivity contribution in [1.29, 1.82) is 0 Å². The van der Waals surface area contributed by atoms with Crippen LogP contribution in [0.4, 0.5) is 23.2 Å². The van der Waals surface area contributed by atoms with Crippen LogP contribution in [0.1, 0.15) is 71.8 Å². The number of halogens is 3. The highest BCUT2D eigenvalue weighted by Crippen LogP contribution is 2.28. The minimum absolute atomic E-state index is 0.297. The molecule has 18 nitrogen and oxygen atoms in total. The van der Waals surface area contributed by atoms with Crippen LogP contribution in [0.3, 0.4) is 0 Å². The number of carbonyl (C=O) groups excluding carboxylic acids is 3. The Morgan fingerprint density at radius 2 is 0.667 bits per heavy atom. The molecule has 0 fully saturated rings. The Kier molecular flexibility index (Phi) is 27.6. The Labute approximate surface area is 614 Å². The van der Waals surface area contributed by atoms with Crippen molar-refractivity contribution in [3.05, 3.63) is 304 Å². The van der Waals surface area contributed by atoms with Crippen molar-refractivity contribution in [2.75, 3.05) is 39.5 Å². The van der Waals surface area contributed by atoms with Gasteiger partial charge in [0.1, 0.15) is 63.4 Å². The van der Waals surface area contributed by atoms with Gasteiger partial charge in [-0.25, -0.2) is 38.1 Å². The second-order valence-corrected chi connectivity index (χ2v) is 24.3. The molecule has 12 rings (SSSR count). The van der Waals surface area contributed by atoms with Gasteiger partial charge in [-0.05, 0) is 204 Å². The fourth-order valence-electron chi connectivity index (χ4n) is 10.6. The van der Waals surface area contributed by atoms with Crippen LogP contribution >= 0.6 is 11.6 Å². The number of nitrogens with zero attached hydrogens (tertiary/aromatic N) is 6. The minimum atomic E-state index is -0.499. The average molecular weight is 1440 g/mol. The van der Waals surface area contributed by atoms with E-state index in [1.54, 1.807) is 39.0 Å². The first-order chi connectivity index (χ1) is 51.0. The molecule has 3 aromatic heterocycles. The Morgan fingerprint density at radius 3 is 1.00 bits per heavy atom. The lowest BCUT2D eigenvalue weighted by Gasteiger charge is -2.20. The maximum absolute atomic E-state index is 13.1. The molecule has 3 amide bonds. The fourth-order valence-corrected chi connectivity index (χ4v) is 10.7. The number of carbonyl (C=O) groups is 3. The Hall–Kier alpha value is -12.0. The number of ether oxygens (including phenoxy) is 6. The van der Waals surface area contributed by atoms with E-state index in [1.807, 2.05) is 205 Å². The maximum Gasteiger partial charge on any atom is 0.415 e. The van der Waals surface area contributed by atoms with Crippen molar-refractivity contribution in [3.8, 4) is 68.9 Å². The van der Waals surface area contributed by atoms with E-state index in [9.17, 15) is 23.2 Å². The number of aromatic nitrogens is 3. The van der Waals surface area contributed by atoms with Gasteiger partial charge in [0, 0.05) is 80.2 Å². The van der Waals surface area contributed by atoms with Gasteiger partial charge < -0.3 is 56.4 Å². The van der Waals surface area contributed by atoms with E-state index in [0.717, 1.165) is 79.2 Å². The highest BCUT2D eigenvalue weighted by atomic mass is 35.5. The topological polar surface area (TPSA) is 194 Å². The van der Waals surface area contributed by atoms with Crippen molar-refractivity contribution in [1.82, 2.24) is 29.7 Å². The first-order valence-corrected chi connectivity index (χ1v) is 34.8. The fraction of sp³-hybridized carbons (Fsp3) is 0.214. The van der Waals surface area contributed by atoms with Gasteiger partial charge in [0.05, 0.1) is 36.9 Å². The summed E-state index contributed by atoms with van der Waals surface area (Å²) in [4.78, 5) is 56.1. The van der Waals surface area contributed by atoms with Crippen LogP contribution < -0.4 is 28.4 Å². The number of oxazole rings is 3. The molecule has 105 heavy (non-hydrogen) atoms. The van der Waals surface area contributed by atoms with E-state index < -0.39 is 18.3 Å². The summed E-state index contributed by atoms with van der Waals surface area (Å²) in [5, 5.41) is 0.590. The summed E-state index contributed by atoms with van der Waals surface area (Å²) in [6.45, 7) is 15.4. The van der Waals surface area contributed by atoms with Crippen molar-refractivity contribution < 1.29 is 64.8 Å². The molecule has 3 heterocycles. The molecular formula is C84H81ClF2N6O12. The number of hydrogen-bond donors (Lipinski definition) is 0. The van der Waals surface area contributed by atoms with Gasteiger partial charge in [0.2, 0.25) is 17.7 Å². The predicted octanol–water partition coefficient (Wildman–Crippen LogP) is 19.8. The molecular weight excluding hydrogens is 1360 g/mol. The zero-order valence-electron chi connectivity index (χ0n) is 59.2. The van der Waals surface area contributed by atoms with Crippen LogP contribution in [0.25, 0.3) is 34.4 Å². The second kappa shape index (κ2) is 38.3. The van der Waals surface area contributed by atoms with Crippen molar-refractivity contribution in [2.45, 2.75) is 80.4 Å². The van der Waals surface area contributed by atoms with Gasteiger partial charge in [-0.3, -0.25) is 0 Å². The zero-order chi connectivity index (χ0) is 73.9. The Bertz CT molecular complexity index is 4480. The molecule has 0 aliphatic rings. The quantitative estimate of drug-likeness (QED) is 0.0471. The molecule has 0 bridgehead atoms. The van der Waals surface area contributed by atoms with Gasteiger partial charge in [-0.1, -0.05) is 103 Å². The third-order valence-electron chi connectivity index (χ3n) is 16.4. The van der Waals surface area contributed by atoms with Crippen molar-refractivity contribution >= 4 is 29.9 Å². The van der Waals surface area contributed by atoms with Gasteiger partial charge in [0.15, 0.2) is 0 Å². The molecule has 0 aliphatic carbocycles. The van der Waals surface area contributed by atoms with E-state index in [0.29, 0.717) is 124 Å². The van der Waals surface area contributed by atoms with E-state index in [1.165, 1.54) is 48.5 Å². The van der Waals surface area contributed by atoms with E-state index in [2.05, 4.69) is 15.0 Å². The van der Waals surface area contributed by atoms with Crippen LogP contribution in [0.2, 0.25) is 5.02 Å². The maximum atomic E-state index is 13.1. The molecule has 0 spiro atoms. The average Bonchev–Trinajstić information content (AvgIpc) is 1.64. The lowest BCUT2D eigenvalue weighted by atomic mass is 10.2. The molecule has 0 N–H and O–H groups in total. The third kappa shape index (κ3) is 23.0. The van der Waals surface area contributed by atoms with E-state index in [-0.39, 0.29) is 11.6 Å². The first kappa shape index (κ1) is 75.6. The SMILES string of the molecule is CCN(Cc1ccc(OCCc2nc(-c3ccccc3)oc2C)cc1)C(=O)Oc1ccc(Cl)cc1.CCN(Cc1ccc(OCCc2nc(-c3ccccc3)oc2C)cc1)C(=O)Oc1ccc(F)cc1.CCN(Cc1cccc(OCCc2nc(-c3ccccc3)oc2C)c1)C(=O)Oc1ccc(F)cc1. The van der Waals surface area contributed by atoms with Crippen molar-refractivity contribution in [3.63, 3.8) is 0 Å². The van der Waals surface area contributed by atoms with Gasteiger partial charge in [-0.2, -0.15) is 0 Å². The van der Waals surface area contributed by atoms with Gasteiger partial charge >= 0.3 is 18.3 Å². The third-order valence-corrected chi connectivity index (χ3v) is 16.7. The number of amides is 3. The molecule has 0 unspecified atom stereocenters. The normalized spacial score (nSPS) is 10.7. The summed E-state index contributed by atoms with van der Waals surface area (Å²) in [7, 11) is 0. The number of aryl methyl sites for hydroxylation is 3. The lowest BCUT2D eigenvalue weighted by molar-refractivity contribution is 0.151. The predicted molar refractivity (Wildman–Crippen MR) is 398 cm³/mol. The van der Waals surface area contributed by atoms with Crippen LogP contribution in [0.5, 0.6) is 34.5 Å². The summed E-state index contributed by atoms with van der Waals surface area (Å²) in [5.41, 5.74) is 8.29. The monoisotopic (exact) mass is 1440 g/mol. The van der Waals surface area contributed by atoms with Crippen molar-refractivity contribution in [2.24, 2.45) is 0 Å². The molecule has 0 atom stereocenters. The summed E-state index contributed by atoms with van der Waals surface area (Å²) in [6, 6.07) is 69.7. The van der Waals surface area contributed by atoms with Crippen LogP contribution in [0.15, 0.2) is 250 Å².